The van der Waals surface area contributed by atoms with Crippen molar-refractivity contribution >= 4 is 43.5 Å². The molecule has 0 saturated heterocycles. The van der Waals surface area contributed by atoms with Gasteiger partial charge in [-0.15, -0.1) is 16.4 Å². The Morgan fingerprint density at radius 1 is 1.02 bits per heavy atom. The number of nitrogens with one attached hydrogen (secondary N) is 1. The Morgan fingerprint density at radius 2 is 1.80 bits per heavy atom. The van der Waals surface area contributed by atoms with Crippen molar-refractivity contribution in [1.29, 1.82) is 0 Å². The first-order valence-electron chi connectivity index (χ1n) is 14.6. The van der Waals surface area contributed by atoms with Crippen LogP contribution in [0.5, 0.6) is 11.5 Å². The first kappa shape index (κ1) is 35.3. The van der Waals surface area contributed by atoms with E-state index in [1.807, 2.05) is 0 Å². The second kappa shape index (κ2) is 15.9. The summed E-state index contributed by atoms with van der Waals surface area (Å²) in [5.41, 5.74) is 2.04. The van der Waals surface area contributed by atoms with Gasteiger partial charge in [0.25, 0.3) is 10.0 Å². The van der Waals surface area contributed by atoms with Crippen molar-refractivity contribution in [2.75, 3.05) is 19.8 Å². The monoisotopic (exact) mass is 714 g/mol. The van der Waals surface area contributed by atoms with Gasteiger partial charge in [-0.25, -0.2) is 32.4 Å². The second-order valence-corrected chi connectivity index (χ2v) is 13.4. The number of benzene rings is 3. The van der Waals surface area contributed by atoms with Crippen LogP contribution in [0.2, 0.25) is 0 Å². The second-order valence-electron chi connectivity index (χ2n) is 10.6. The number of amides is 1. The molecule has 0 saturated carbocycles. The van der Waals surface area contributed by atoms with Crippen LogP contribution < -0.4 is 19.9 Å². The van der Waals surface area contributed by atoms with Crippen LogP contribution in [0.3, 0.4) is 0 Å². The number of fused-ring (bicyclic) bond motifs is 1. The maximum absolute atomic E-state index is 13.6. The topological polar surface area (TPSA) is 218 Å². The normalized spacial score (nSPS) is 12.8. The number of carbonyl (C=O) groups excluding carboxylic acids is 1. The molecule has 2 atom stereocenters. The third-order valence-electron chi connectivity index (χ3n) is 6.92. The molecule has 5 aromatic rings. The summed E-state index contributed by atoms with van der Waals surface area (Å²) in [6, 6.07) is 14.7. The lowest BCUT2D eigenvalue weighted by Gasteiger charge is -2.21. The number of sulfonamides is 1. The molecule has 1 unspecified atom stereocenters. The van der Waals surface area contributed by atoms with Crippen molar-refractivity contribution in [2.24, 2.45) is 5.14 Å². The zero-order chi connectivity index (χ0) is 35.0. The molecule has 5 rings (SSSR count). The van der Waals surface area contributed by atoms with Gasteiger partial charge >= 0.3 is 5.97 Å². The number of halogens is 1. The molecule has 0 aliphatic rings. The molecular weight excluding hydrogens is 684 g/mol. The first-order chi connectivity index (χ1) is 23.5. The molecule has 2 aromatic heterocycles. The van der Waals surface area contributed by atoms with Gasteiger partial charge in [-0.1, -0.05) is 29.5 Å². The molecule has 15 nitrogen and oxygen atoms in total. The number of hydrogen-bond donors (Lipinski definition) is 4. The fraction of sp³-hybridized carbons (Fsp3) is 0.258. The van der Waals surface area contributed by atoms with Crippen LogP contribution in [-0.4, -0.2) is 76.3 Å². The molecule has 0 fully saturated rings. The van der Waals surface area contributed by atoms with Crippen LogP contribution in [0.4, 0.5) is 4.39 Å². The van der Waals surface area contributed by atoms with E-state index in [0.717, 1.165) is 11.3 Å². The lowest BCUT2D eigenvalue weighted by atomic mass is 10.0. The Hall–Kier alpha value is -5.01. The molecule has 0 spiro atoms. The molecule has 0 aliphatic carbocycles. The zero-order valence-corrected chi connectivity index (χ0v) is 27.3. The minimum absolute atomic E-state index is 0.0258. The molecule has 0 aliphatic heterocycles. The number of carbonyl (C=O) groups is 2. The quantitative estimate of drug-likeness (QED) is 0.109. The number of primary sulfonamides is 1. The standard InChI is InChI=1S/C31H31FN6O9S2/c32-21-6-4-19(5-7-21)13-27(29(40)34-26(30(41)42)18-45-16-20-2-1-3-23(12-20)46-11-10-39)38-15-22(36-37-38)17-47-24-8-9-25-28(14-24)48-31(35-25)49(33,43)44/h1-9,12,14-15,26-27,39H,10-11,13,16-18H2,(H,34,40)(H,41,42)(H2,33,43,44)/t26?,27-/m0/s1. The van der Waals surface area contributed by atoms with Crippen LogP contribution in [-0.2, 0) is 44.0 Å². The minimum atomic E-state index is -3.96. The average Bonchev–Trinajstić information content (AvgIpc) is 3.73. The first-order valence-corrected chi connectivity index (χ1v) is 17.0. The van der Waals surface area contributed by atoms with E-state index in [0.29, 0.717) is 38.5 Å². The summed E-state index contributed by atoms with van der Waals surface area (Å²) in [5, 5.41) is 34.7. The highest BCUT2D eigenvalue weighted by Crippen LogP contribution is 2.28. The van der Waals surface area contributed by atoms with E-state index < -0.39 is 39.8 Å². The van der Waals surface area contributed by atoms with Crippen molar-refractivity contribution in [3.63, 3.8) is 0 Å². The van der Waals surface area contributed by atoms with Gasteiger partial charge in [0.1, 0.15) is 42.3 Å². The highest BCUT2D eigenvalue weighted by atomic mass is 32.2. The molecule has 18 heteroatoms. The molecule has 5 N–H and O–H groups in total. The Bertz CT molecular complexity index is 2020. The Labute approximate surface area is 283 Å². The largest absolute Gasteiger partial charge is 0.491 e. The zero-order valence-electron chi connectivity index (χ0n) is 25.6. The molecule has 49 heavy (non-hydrogen) atoms. The number of nitrogens with two attached hydrogens (primary N) is 1. The molecular formula is C31H31FN6O9S2. The Kier molecular flexibility index (Phi) is 11.5. The summed E-state index contributed by atoms with van der Waals surface area (Å²) < 4.78 is 55.3. The van der Waals surface area contributed by atoms with Gasteiger partial charge in [0.2, 0.25) is 10.2 Å². The van der Waals surface area contributed by atoms with E-state index in [4.69, 9.17) is 24.5 Å². The third kappa shape index (κ3) is 9.77. The lowest BCUT2D eigenvalue weighted by Crippen LogP contribution is -2.47. The number of carboxylic acid groups (broad SMARTS) is 1. The van der Waals surface area contributed by atoms with Gasteiger partial charge in [-0.2, -0.15) is 0 Å². The van der Waals surface area contributed by atoms with Gasteiger partial charge in [0.15, 0.2) is 6.04 Å². The number of rotatable bonds is 17. The molecule has 0 bridgehead atoms. The van der Waals surface area contributed by atoms with Gasteiger partial charge < -0.3 is 29.7 Å². The number of carboxylic acids is 1. The summed E-state index contributed by atoms with van der Waals surface area (Å²) in [4.78, 5) is 29.7. The number of aliphatic hydroxyl groups is 1. The lowest BCUT2D eigenvalue weighted by molar-refractivity contribution is -0.144. The fourth-order valence-corrected chi connectivity index (χ4v) is 6.25. The van der Waals surface area contributed by atoms with Crippen LogP contribution in [0, 0.1) is 5.82 Å². The smallest absolute Gasteiger partial charge is 0.328 e. The Balaban J connectivity index is 1.26. The summed E-state index contributed by atoms with van der Waals surface area (Å²) in [6.45, 7) is -0.428. The maximum atomic E-state index is 13.6. The summed E-state index contributed by atoms with van der Waals surface area (Å²) in [7, 11) is -3.96. The van der Waals surface area contributed by atoms with Crippen molar-refractivity contribution in [2.45, 2.75) is 36.1 Å². The van der Waals surface area contributed by atoms with E-state index >= 15 is 0 Å². The number of ether oxygens (including phenoxy) is 3. The fourth-order valence-electron chi connectivity index (χ4n) is 4.56. The average molecular weight is 715 g/mol. The van der Waals surface area contributed by atoms with Crippen molar-refractivity contribution in [3.05, 3.63) is 95.6 Å². The predicted octanol–water partition coefficient (Wildman–Crippen LogP) is 2.19. The van der Waals surface area contributed by atoms with Crippen molar-refractivity contribution in [1.82, 2.24) is 25.3 Å². The van der Waals surface area contributed by atoms with Crippen LogP contribution >= 0.6 is 11.3 Å². The predicted molar refractivity (Wildman–Crippen MR) is 173 cm³/mol. The van der Waals surface area contributed by atoms with Gasteiger partial charge in [-0.05, 0) is 53.6 Å². The van der Waals surface area contributed by atoms with E-state index in [1.165, 1.54) is 35.1 Å². The number of thiazole rings is 1. The summed E-state index contributed by atoms with van der Waals surface area (Å²) in [5.74, 6) is -1.58. The van der Waals surface area contributed by atoms with Crippen LogP contribution in [0.15, 0.2) is 77.3 Å². The Morgan fingerprint density at radius 3 is 2.53 bits per heavy atom. The number of nitrogens with zero attached hydrogens (tertiary/aromatic N) is 4. The number of hydrogen-bond acceptors (Lipinski definition) is 12. The SMILES string of the molecule is NS(=O)(=O)c1nc2ccc(OCc3cn([C@@H](Cc4ccc(F)cc4)C(=O)NC(COCc4cccc(OCCO)c4)C(=O)O)nn3)cc2s1. The van der Waals surface area contributed by atoms with E-state index in [2.05, 4.69) is 20.6 Å². The van der Waals surface area contributed by atoms with Crippen LogP contribution in [0.1, 0.15) is 22.9 Å². The third-order valence-corrected chi connectivity index (χ3v) is 9.26. The molecule has 0 radical (unpaired) electrons. The highest BCUT2D eigenvalue weighted by Gasteiger charge is 2.28. The van der Waals surface area contributed by atoms with Crippen LogP contribution in [0.25, 0.3) is 10.2 Å². The molecule has 1 amide bonds. The van der Waals surface area contributed by atoms with E-state index in [9.17, 15) is 27.5 Å². The van der Waals surface area contributed by atoms with E-state index in [1.54, 1.807) is 42.5 Å². The highest BCUT2D eigenvalue weighted by molar-refractivity contribution is 7.91. The number of aliphatic hydroxyl groups excluding tert-OH is 1. The van der Waals surface area contributed by atoms with E-state index in [-0.39, 0.29) is 43.8 Å². The van der Waals surface area contributed by atoms with Gasteiger partial charge in [-0.3, -0.25) is 4.79 Å². The minimum Gasteiger partial charge on any atom is -0.491 e. The summed E-state index contributed by atoms with van der Waals surface area (Å²) in [6.07, 6.45) is 1.49. The van der Waals surface area contributed by atoms with Crippen molar-refractivity contribution < 1.29 is 46.8 Å². The van der Waals surface area contributed by atoms with Gasteiger partial charge in [0.05, 0.1) is 36.2 Å². The molecule has 2 heterocycles. The van der Waals surface area contributed by atoms with Crippen molar-refractivity contribution in [3.8, 4) is 11.5 Å². The molecule has 258 valence electrons. The molecule has 3 aromatic carbocycles. The van der Waals surface area contributed by atoms with Gasteiger partial charge in [0, 0.05) is 6.42 Å². The number of aromatic nitrogens is 4. The summed E-state index contributed by atoms with van der Waals surface area (Å²) >= 11 is 0.899. The number of aliphatic carboxylic acids is 1. The maximum Gasteiger partial charge on any atom is 0.328 e.